The van der Waals surface area contributed by atoms with Crippen LogP contribution < -0.4 is 10.2 Å². The molecule has 1 aromatic carbocycles. The van der Waals surface area contributed by atoms with E-state index >= 15 is 0 Å². The first-order valence-corrected chi connectivity index (χ1v) is 8.21. The van der Waals surface area contributed by atoms with E-state index in [1.54, 1.807) is 0 Å². The molecule has 7 heteroatoms. The van der Waals surface area contributed by atoms with Gasteiger partial charge in [0.25, 0.3) is 0 Å². The largest absolute Gasteiger partial charge is 0.338 e. The molecule has 0 spiro atoms. The monoisotopic (exact) mass is 337 g/mol. The summed E-state index contributed by atoms with van der Waals surface area (Å²) in [5.74, 6) is -2.30. The Morgan fingerprint density at radius 1 is 1.38 bits per heavy atom. The van der Waals surface area contributed by atoms with E-state index in [2.05, 4.69) is 5.32 Å². The Hall–Kier alpha value is -2.02. The molecule has 130 valence electrons. The minimum absolute atomic E-state index is 0.0323. The number of likely N-dealkylation sites (N-methyl/N-ethyl adjacent to an activating group) is 1. The SMILES string of the molecule is CNC[C@H]1CCCN1C(=O)[C@@H]1CC(=O)N(c2ccc(F)cc2F)C1. The topological polar surface area (TPSA) is 52.7 Å². The van der Waals surface area contributed by atoms with Crippen LogP contribution in [0.4, 0.5) is 14.5 Å². The van der Waals surface area contributed by atoms with Gasteiger partial charge in [0.2, 0.25) is 11.8 Å². The Labute approximate surface area is 139 Å². The Bertz CT molecular complexity index is 653. The second-order valence-corrected chi connectivity index (χ2v) is 6.39. The zero-order chi connectivity index (χ0) is 17.3. The van der Waals surface area contributed by atoms with Gasteiger partial charge in [-0.25, -0.2) is 8.78 Å². The number of nitrogens with one attached hydrogen (secondary N) is 1. The summed E-state index contributed by atoms with van der Waals surface area (Å²) in [5, 5.41) is 3.08. The highest BCUT2D eigenvalue weighted by Crippen LogP contribution is 2.30. The van der Waals surface area contributed by atoms with Crippen LogP contribution in [0, 0.1) is 17.6 Å². The van der Waals surface area contributed by atoms with Crippen LogP contribution in [0.3, 0.4) is 0 Å². The third-order valence-corrected chi connectivity index (χ3v) is 4.77. The van der Waals surface area contributed by atoms with E-state index in [9.17, 15) is 18.4 Å². The summed E-state index contributed by atoms with van der Waals surface area (Å²) in [4.78, 5) is 28.1. The number of anilines is 1. The summed E-state index contributed by atoms with van der Waals surface area (Å²) in [6.45, 7) is 1.56. The molecule has 1 aromatic rings. The van der Waals surface area contributed by atoms with Crippen molar-refractivity contribution < 1.29 is 18.4 Å². The molecule has 2 fully saturated rings. The summed E-state index contributed by atoms with van der Waals surface area (Å²) in [6.07, 6.45) is 1.97. The number of hydrogen-bond acceptors (Lipinski definition) is 3. The first-order valence-electron chi connectivity index (χ1n) is 8.21. The molecule has 2 saturated heterocycles. The number of likely N-dealkylation sites (tertiary alicyclic amines) is 1. The zero-order valence-electron chi connectivity index (χ0n) is 13.6. The molecule has 3 rings (SSSR count). The molecule has 0 radical (unpaired) electrons. The van der Waals surface area contributed by atoms with Gasteiger partial charge in [-0.15, -0.1) is 0 Å². The highest BCUT2D eigenvalue weighted by Gasteiger charge is 2.40. The van der Waals surface area contributed by atoms with E-state index in [1.807, 2.05) is 11.9 Å². The molecule has 2 aliphatic heterocycles. The normalized spacial score (nSPS) is 24.0. The third kappa shape index (κ3) is 3.13. The summed E-state index contributed by atoms with van der Waals surface area (Å²) in [5.41, 5.74) is 0.0323. The summed E-state index contributed by atoms with van der Waals surface area (Å²) >= 11 is 0. The lowest BCUT2D eigenvalue weighted by Crippen LogP contribution is -2.44. The predicted octanol–water partition coefficient (Wildman–Crippen LogP) is 1.53. The summed E-state index contributed by atoms with van der Waals surface area (Å²) in [7, 11) is 1.85. The van der Waals surface area contributed by atoms with Gasteiger partial charge in [0.1, 0.15) is 11.6 Å². The summed E-state index contributed by atoms with van der Waals surface area (Å²) in [6, 6.07) is 3.26. The number of amides is 2. The van der Waals surface area contributed by atoms with Crippen LogP contribution in [0.1, 0.15) is 19.3 Å². The van der Waals surface area contributed by atoms with Crippen molar-refractivity contribution in [3.05, 3.63) is 29.8 Å². The molecule has 0 saturated carbocycles. The van der Waals surface area contributed by atoms with Crippen molar-refractivity contribution in [2.45, 2.75) is 25.3 Å². The molecule has 2 heterocycles. The van der Waals surface area contributed by atoms with Gasteiger partial charge < -0.3 is 15.1 Å². The smallest absolute Gasteiger partial charge is 0.228 e. The van der Waals surface area contributed by atoms with Gasteiger partial charge in [-0.3, -0.25) is 9.59 Å². The molecule has 2 aliphatic rings. The fraction of sp³-hybridized carbons (Fsp3) is 0.529. The maximum Gasteiger partial charge on any atom is 0.228 e. The first-order chi connectivity index (χ1) is 11.5. The van der Waals surface area contributed by atoms with Crippen molar-refractivity contribution in [1.29, 1.82) is 0 Å². The fourth-order valence-electron chi connectivity index (χ4n) is 3.61. The second kappa shape index (κ2) is 6.84. The lowest BCUT2D eigenvalue weighted by atomic mass is 10.1. The third-order valence-electron chi connectivity index (χ3n) is 4.77. The Morgan fingerprint density at radius 2 is 2.17 bits per heavy atom. The second-order valence-electron chi connectivity index (χ2n) is 6.39. The van der Waals surface area contributed by atoms with Gasteiger partial charge in [-0.05, 0) is 32.0 Å². The molecule has 1 N–H and O–H groups in total. The zero-order valence-corrected chi connectivity index (χ0v) is 13.6. The number of nitrogens with zero attached hydrogens (tertiary/aromatic N) is 2. The molecule has 2 amide bonds. The van der Waals surface area contributed by atoms with Gasteiger partial charge in [-0.1, -0.05) is 0 Å². The Balaban J connectivity index is 1.73. The van der Waals surface area contributed by atoms with Crippen molar-refractivity contribution in [1.82, 2.24) is 10.2 Å². The molecule has 0 aliphatic carbocycles. The van der Waals surface area contributed by atoms with Crippen LogP contribution in [-0.2, 0) is 9.59 Å². The van der Waals surface area contributed by atoms with E-state index < -0.39 is 17.6 Å². The van der Waals surface area contributed by atoms with Gasteiger partial charge in [-0.2, -0.15) is 0 Å². The van der Waals surface area contributed by atoms with Gasteiger partial charge in [0.15, 0.2) is 0 Å². The van der Waals surface area contributed by atoms with Crippen molar-refractivity contribution >= 4 is 17.5 Å². The van der Waals surface area contributed by atoms with Crippen LogP contribution in [0.5, 0.6) is 0 Å². The Kier molecular flexibility index (Phi) is 4.80. The average Bonchev–Trinajstić information content (AvgIpc) is 3.14. The maximum atomic E-state index is 13.9. The highest BCUT2D eigenvalue weighted by atomic mass is 19.1. The first kappa shape index (κ1) is 16.8. The quantitative estimate of drug-likeness (QED) is 0.907. The number of carbonyl (C=O) groups is 2. The molecule has 0 aromatic heterocycles. The minimum Gasteiger partial charge on any atom is -0.338 e. The van der Waals surface area contributed by atoms with Crippen LogP contribution >= 0.6 is 0 Å². The van der Waals surface area contributed by atoms with Crippen LogP contribution in [0.2, 0.25) is 0 Å². The van der Waals surface area contributed by atoms with Gasteiger partial charge >= 0.3 is 0 Å². The summed E-state index contributed by atoms with van der Waals surface area (Å²) < 4.78 is 27.0. The number of carbonyl (C=O) groups excluding carboxylic acids is 2. The molecule has 5 nitrogen and oxygen atoms in total. The lowest BCUT2D eigenvalue weighted by molar-refractivity contribution is -0.136. The van der Waals surface area contributed by atoms with E-state index in [0.717, 1.165) is 31.5 Å². The fourth-order valence-corrected chi connectivity index (χ4v) is 3.61. The molecule has 0 bridgehead atoms. The molecule has 2 atom stereocenters. The average molecular weight is 337 g/mol. The number of rotatable bonds is 4. The predicted molar refractivity (Wildman–Crippen MR) is 85.5 cm³/mol. The van der Waals surface area contributed by atoms with Crippen LogP contribution in [0.25, 0.3) is 0 Å². The van der Waals surface area contributed by atoms with E-state index in [4.69, 9.17) is 0 Å². The molecular weight excluding hydrogens is 316 g/mol. The minimum atomic E-state index is -0.786. The van der Waals surface area contributed by atoms with Crippen molar-refractivity contribution in [3.8, 4) is 0 Å². The van der Waals surface area contributed by atoms with Crippen molar-refractivity contribution in [3.63, 3.8) is 0 Å². The molecule has 0 unspecified atom stereocenters. The van der Waals surface area contributed by atoms with Crippen molar-refractivity contribution in [2.75, 3.05) is 31.6 Å². The van der Waals surface area contributed by atoms with Crippen LogP contribution in [0.15, 0.2) is 18.2 Å². The van der Waals surface area contributed by atoms with E-state index in [1.165, 1.54) is 11.0 Å². The molecular formula is C17H21F2N3O2. The number of hydrogen-bond donors (Lipinski definition) is 1. The maximum absolute atomic E-state index is 13.9. The molecule has 24 heavy (non-hydrogen) atoms. The number of benzene rings is 1. The van der Waals surface area contributed by atoms with E-state index in [0.29, 0.717) is 6.54 Å². The van der Waals surface area contributed by atoms with Gasteiger partial charge in [0.05, 0.1) is 11.6 Å². The Morgan fingerprint density at radius 3 is 2.88 bits per heavy atom. The highest BCUT2D eigenvalue weighted by molar-refractivity contribution is 6.00. The van der Waals surface area contributed by atoms with Crippen LogP contribution in [-0.4, -0.2) is 49.4 Å². The standard InChI is InChI=1S/C17H21F2N3O2/c1-20-9-13-3-2-6-21(13)17(24)11-7-16(23)22(10-11)15-5-4-12(18)8-14(15)19/h4-5,8,11,13,20H,2-3,6-7,9-10H2,1H3/t11-,13-/m1/s1. The van der Waals surface area contributed by atoms with Crippen molar-refractivity contribution in [2.24, 2.45) is 5.92 Å². The van der Waals surface area contributed by atoms with E-state index in [-0.39, 0.29) is 36.5 Å². The van der Waals surface area contributed by atoms with Gasteiger partial charge in [0, 0.05) is 38.2 Å². The lowest BCUT2D eigenvalue weighted by Gasteiger charge is -2.27. The number of halogens is 2.